The molecule has 2 aliphatic rings. The van der Waals surface area contributed by atoms with Gasteiger partial charge >= 0.3 is 5.97 Å². The minimum absolute atomic E-state index is 0.0282. The zero-order chi connectivity index (χ0) is 20.9. The van der Waals surface area contributed by atoms with Crippen LogP contribution in [-0.4, -0.2) is 43.3 Å². The Balaban J connectivity index is 1.64. The fourth-order valence-electron chi connectivity index (χ4n) is 3.99. The molecule has 3 rings (SSSR count). The van der Waals surface area contributed by atoms with Crippen molar-refractivity contribution in [3.8, 4) is 0 Å². The van der Waals surface area contributed by atoms with E-state index in [1.165, 1.54) is 11.6 Å². The van der Waals surface area contributed by atoms with Gasteiger partial charge in [0.05, 0.1) is 25.4 Å². The van der Waals surface area contributed by atoms with Crippen LogP contribution in [0.15, 0.2) is 48.1 Å². The number of rotatable bonds is 7. The number of hydrogen-bond donors (Lipinski definition) is 0. The van der Waals surface area contributed by atoms with Crippen LogP contribution in [0, 0.1) is 5.92 Å². The molecule has 5 nitrogen and oxygen atoms in total. The summed E-state index contributed by atoms with van der Waals surface area (Å²) in [7, 11) is 0. The van der Waals surface area contributed by atoms with Gasteiger partial charge in [-0.1, -0.05) is 48.1 Å². The molecule has 1 aromatic carbocycles. The first-order chi connectivity index (χ1) is 13.9. The zero-order valence-electron chi connectivity index (χ0n) is 17.8. The fraction of sp³-hybridized carbons (Fsp3) is 0.542. The van der Waals surface area contributed by atoms with Crippen molar-refractivity contribution >= 4 is 12.0 Å². The van der Waals surface area contributed by atoms with E-state index in [0.29, 0.717) is 19.6 Å². The van der Waals surface area contributed by atoms with Crippen molar-refractivity contribution in [3.05, 3.63) is 53.6 Å². The van der Waals surface area contributed by atoms with E-state index in [9.17, 15) is 4.79 Å². The van der Waals surface area contributed by atoms with Crippen molar-refractivity contribution in [2.24, 2.45) is 5.92 Å². The van der Waals surface area contributed by atoms with E-state index in [1.54, 1.807) is 6.92 Å². The van der Waals surface area contributed by atoms with Gasteiger partial charge in [0.1, 0.15) is 6.10 Å². The molecule has 2 fully saturated rings. The summed E-state index contributed by atoms with van der Waals surface area (Å²) < 4.78 is 23.6. The maximum atomic E-state index is 11.7. The molecule has 0 aromatic heterocycles. The smallest absolute Gasteiger partial charge is 0.330 e. The number of allylic oxidation sites excluding steroid dienone is 1. The molecular formula is C24H32O5. The number of hydrogen-bond acceptors (Lipinski definition) is 5. The summed E-state index contributed by atoms with van der Waals surface area (Å²) in [6, 6.07) is 10.3. The van der Waals surface area contributed by atoms with Crippen LogP contribution < -0.4 is 0 Å². The summed E-state index contributed by atoms with van der Waals surface area (Å²) in [6.45, 7) is 8.59. The Bertz CT molecular complexity index is 737. The third-order valence-corrected chi connectivity index (χ3v) is 5.24. The van der Waals surface area contributed by atoms with Gasteiger partial charge in [-0.05, 0) is 46.1 Å². The molecule has 2 saturated heterocycles. The van der Waals surface area contributed by atoms with Gasteiger partial charge in [-0.25, -0.2) is 4.79 Å². The quantitative estimate of drug-likeness (QED) is 0.497. The van der Waals surface area contributed by atoms with E-state index in [4.69, 9.17) is 18.9 Å². The van der Waals surface area contributed by atoms with Crippen LogP contribution in [0.2, 0.25) is 0 Å². The summed E-state index contributed by atoms with van der Waals surface area (Å²) in [5.41, 5.74) is 2.10. The number of esters is 1. The third kappa shape index (κ3) is 6.01. The first-order valence-electron chi connectivity index (χ1n) is 10.4. The fourth-order valence-corrected chi connectivity index (χ4v) is 3.99. The molecule has 0 aliphatic carbocycles. The maximum absolute atomic E-state index is 11.7. The minimum Gasteiger partial charge on any atom is -0.463 e. The molecule has 2 aliphatic heterocycles. The normalized spacial score (nSPS) is 29.0. The highest BCUT2D eigenvalue weighted by Crippen LogP contribution is 2.40. The maximum Gasteiger partial charge on any atom is 0.330 e. The van der Waals surface area contributed by atoms with Gasteiger partial charge in [0.25, 0.3) is 0 Å². The lowest BCUT2D eigenvalue weighted by molar-refractivity contribution is -0.153. The topological polar surface area (TPSA) is 54.0 Å². The summed E-state index contributed by atoms with van der Waals surface area (Å²) in [5, 5.41) is 0. The summed E-state index contributed by atoms with van der Waals surface area (Å²) >= 11 is 0. The number of benzene rings is 1. The van der Waals surface area contributed by atoms with Crippen molar-refractivity contribution in [1.29, 1.82) is 0 Å². The van der Waals surface area contributed by atoms with Gasteiger partial charge in [-0.2, -0.15) is 0 Å². The molecule has 0 bridgehead atoms. The van der Waals surface area contributed by atoms with Crippen LogP contribution in [0.25, 0.3) is 6.08 Å². The van der Waals surface area contributed by atoms with E-state index in [1.807, 2.05) is 39.0 Å². The van der Waals surface area contributed by atoms with Crippen molar-refractivity contribution in [3.63, 3.8) is 0 Å². The predicted molar refractivity (Wildman–Crippen MR) is 112 cm³/mol. The first kappa shape index (κ1) is 21.8. The average molecular weight is 401 g/mol. The summed E-state index contributed by atoms with van der Waals surface area (Å²) in [6.07, 6.45) is 7.01. The Morgan fingerprint density at radius 3 is 2.66 bits per heavy atom. The molecule has 4 atom stereocenters. The Labute approximate surface area is 173 Å². The lowest BCUT2D eigenvalue weighted by Gasteiger charge is -2.37. The molecule has 0 unspecified atom stereocenters. The van der Waals surface area contributed by atoms with E-state index in [2.05, 4.69) is 24.3 Å². The minimum atomic E-state index is -0.637. The second-order valence-corrected chi connectivity index (χ2v) is 8.19. The van der Waals surface area contributed by atoms with E-state index >= 15 is 0 Å². The molecule has 0 amide bonds. The predicted octanol–water partition coefficient (Wildman–Crippen LogP) is 4.52. The van der Waals surface area contributed by atoms with Crippen molar-refractivity contribution < 1.29 is 23.7 Å². The Morgan fingerprint density at radius 1 is 1.21 bits per heavy atom. The SMILES string of the molecule is CCOC(=O)/C=C(\C)C[C@@H]1OC[C@H](C/C=C/c2ccccc2)[C@H]2OC(C)(C)O[C@H]21. The lowest BCUT2D eigenvalue weighted by Crippen LogP contribution is -2.48. The largest absolute Gasteiger partial charge is 0.463 e. The molecule has 0 spiro atoms. The second kappa shape index (κ2) is 9.70. The molecule has 2 heterocycles. The Kier molecular flexibility index (Phi) is 7.28. The van der Waals surface area contributed by atoms with Gasteiger partial charge in [-0.15, -0.1) is 0 Å². The van der Waals surface area contributed by atoms with Gasteiger partial charge in [-0.3, -0.25) is 0 Å². The second-order valence-electron chi connectivity index (χ2n) is 8.19. The monoisotopic (exact) mass is 400 g/mol. The van der Waals surface area contributed by atoms with Crippen molar-refractivity contribution in [2.75, 3.05) is 13.2 Å². The van der Waals surface area contributed by atoms with Crippen LogP contribution >= 0.6 is 0 Å². The molecule has 5 heteroatoms. The van der Waals surface area contributed by atoms with E-state index in [-0.39, 0.29) is 30.2 Å². The molecule has 0 radical (unpaired) electrons. The number of carbonyl (C=O) groups is 1. The number of carbonyl (C=O) groups excluding carboxylic acids is 1. The molecule has 0 N–H and O–H groups in total. The highest BCUT2D eigenvalue weighted by molar-refractivity contribution is 5.82. The molecular weight excluding hydrogens is 368 g/mol. The molecule has 1 aromatic rings. The molecule has 29 heavy (non-hydrogen) atoms. The van der Waals surface area contributed by atoms with E-state index < -0.39 is 5.79 Å². The third-order valence-electron chi connectivity index (χ3n) is 5.24. The first-order valence-corrected chi connectivity index (χ1v) is 10.4. The van der Waals surface area contributed by atoms with Crippen LogP contribution in [0.1, 0.15) is 46.1 Å². The van der Waals surface area contributed by atoms with Gasteiger partial charge in [0.2, 0.25) is 0 Å². The van der Waals surface area contributed by atoms with Crippen LogP contribution in [-0.2, 0) is 23.7 Å². The Hall–Kier alpha value is -1.95. The molecule has 0 saturated carbocycles. The zero-order valence-corrected chi connectivity index (χ0v) is 17.8. The van der Waals surface area contributed by atoms with E-state index in [0.717, 1.165) is 12.0 Å². The standard InChI is InChI=1S/C24H32O5/c1-5-26-21(25)15-17(2)14-20-23-22(28-24(3,4)29-23)19(16-27-20)13-9-12-18-10-7-6-8-11-18/h6-12,15,19-20,22-23H,5,13-14,16H2,1-4H3/b12-9+,17-15+/t19-,20-,22+,23-/m0/s1. The van der Waals surface area contributed by atoms with Crippen LogP contribution in [0.4, 0.5) is 0 Å². The van der Waals surface area contributed by atoms with Gasteiger partial charge in [0.15, 0.2) is 5.79 Å². The Morgan fingerprint density at radius 2 is 1.93 bits per heavy atom. The van der Waals surface area contributed by atoms with Crippen molar-refractivity contribution in [2.45, 2.75) is 64.6 Å². The number of fused-ring (bicyclic) bond motifs is 1. The van der Waals surface area contributed by atoms with Crippen LogP contribution in [0.5, 0.6) is 0 Å². The van der Waals surface area contributed by atoms with Gasteiger partial charge < -0.3 is 18.9 Å². The highest BCUT2D eigenvalue weighted by atomic mass is 16.8. The summed E-state index contributed by atoms with van der Waals surface area (Å²) in [4.78, 5) is 11.7. The van der Waals surface area contributed by atoms with Crippen molar-refractivity contribution in [1.82, 2.24) is 0 Å². The van der Waals surface area contributed by atoms with Crippen LogP contribution in [0.3, 0.4) is 0 Å². The highest BCUT2D eigenvalue weighted by Gasteiger charge is 2.51. The lowest BCUT2D eigenvalue weighted by atomic mass is 9.87. The number of ether oxygens (including phenoxy) is 4. The van der Waals surface area contributed by atoms with Gasteiger partial charge in [0, 0.05) is 12.0 Å². The molecule has 158 valence electrons. The average Bonchev–Trinajstić information content (AvgIpc) is 3.00. The summed E-state index contributed by atoms with van der Waals surface area (Å²) in [5.74, 6) is -0.723.